The number of hydrogen-bond donors (Lipinski definition) is 0. The molecule has 0 aromatic heterocycles. The molecule has 0 aromatic carbocycles. The van der Waals surface area contributed by atoms with E-state index in [1.807, 2.05) is 0 Å². The van der Waals surface area contributed by atoms with Crippen molar-refractivity contribution in [2.24, 2.45) is 0 Å². The molecule has 4 nitrogen and oxygen atoms in total. The van der Waals surface area contributed by atoms with Crippen molar-refractivity contribution in [3.63, 3.8) is 0 Å². The van der Waals surface area contributed by atoms with Crippen molar-refractivity contribution in [3.05, 3.63) is 11.1 Å². The van der Waals surface area contributed by atoms with Crippen LogP contribution in [0.3, 0.4) is 0 Å². The standard InChI is InChI=1S/C6H8O4/c1-3(5(7)8)4(2)6(9)10/h1-2H3,(H,7,8)(H,9,10)/p-2/b4-3-. The predicted octanol–water partition coefficient (Wildman–Crippen LogP) is -2.18. The van der Waals surface area contributed by atoms with Crippen LogP contribution >= 0.6 is 0 Å². The van der Waals surface area contributed by atoms with Crippen LogP contribution in [0.15, 0.2) is 11.1 Å². The van der Waals surface area contributed by atoms with Crippen LogP contribution in [0.5, 0.6) is 0 Å². The van der Waals surface area contributed by atoms with Crippen molar-refractivity contribution in [2.45, 2.75) is 13.8 Å². The topological polar surface area (TPSA) is 80.3 Å². The molecule has 10 heavy (non-hydrogen) atoms. The molecule has 0 aliphatic rings. The number of carbonyl (C=O) groups is 2. The summed E-state index contributed by atoms with van der Waals surface area (Å²) in [5.41, 5.74) is -0.611. The van der Waals surface area contributed by atoms with Gasteiger partial charge in [0.15, 0.2) is 0 Å². The zero-order valence-corrected chi connectivity index (χ0v) is 5.63. The lowest BCUT2D eigenvalue weighted by molar-refractivity contribution is -0.304. The Morgan fingerprint density at radius 2 is 1.10 bits per heavy atom. The molecule has 4 heteroatoms. The summed E-state index contributed by atoms with van der Waals surface area (Å²) in [5, 5.41) is 20.0. The molecule has 0 atom stereocenters. The summed E-state index contributed by atoms with van der Waals surface area (Å²) in [7, 11) is 0. The zero-order chi connectivity index (χ0) is 8.31. The first-order valence-corrected chi connectivity index (χ1v) is 2.57. The molecule has 0 amide bonds. The van der Waals surface area contributed by atoms with Crippen LogP contribution in [-0.2, 0) is 9.59 Å². The molecule has 0 radical (unpaired) electrons. The van der Waals surface area contributed by atoms with Crippen LogP contribution in [-0.4, -0.2) is 11.9 Å². The summed E-state index contributed by atoms with van der Waals surface area (Å²) in [6.45, 7) is 2.31. The maximum atomic E-state index is 9.99. The van der Waals surface area contributed by atoms with Crippen molar-refractivity contribution in [1.29, 1.82) is 0 Å². The van der Waals surface area contributed by atoms with Gasteiger partial charge in [0, 0.05) is 0 Å². The van der Waals surface area contributed by atoms with E-state index in [9.17, 15) is 19.8 Å². The Morgan fingerprint density at radius 3 is 1.20 bits per heavy atom. The van der Waals surface area contributed by atoms with E-state index in [-0.39, 0.29) is 11.1 Å². The highest BCUT2D eigenvalue weighted by Crippen LogP contribution is 1.99. The molecule has 0 saturated carbocycles. The molecular weight excluding hydrogens is 136 g/mol. The number of hydrogen-bond acceptors (Lipinski definition) is 4. The van der Waals surface area contributed by atoms with Crippen molar-refractivity contribution in [1.82, 2.24) is 0 Å². The molecule has 0 rings (SSSR count). The van der Waals surface area contributed by atoms with Crippen molar-refractivity contribution < 1.29 is 19.8 Å². The lowest BCUT2D eigenvalue weighted by Crippen LogP contribution is -2.29. The molecule has 0 N–H and O–H groups in total. The van der Waals surface area contributed by atoms with Gasteiger partial charge in [0.2, 0.25) is 0 Å². The molecule has 0 aromatic rings. The van der Waals surface area contributed by atoms with E-state index in [2.05, 4.69) is 0 Å². The lowest BCUT2D eigenvalue weighted by atomic mass is 10.1. The number of aliphatic carboxylic acids is 2. The summed E-state index contributed by atoms with van der Waals surface area (Å²) in [4.78, 5) is 20.0. The molecule has 0 heterocycles. The Bertz CT molecular complexity index is 180. The zero-order valence-electron chi connectivity index (χ0n) is 5.63. The van der Waals surface area contributed by atoms with Crippen LogP contribution in [0, 0.1) is 0 Å². The minimum absolute atomic E-state index is 0.306. The molecule has 0 unspecified atom stereocenters. The molecule has 0 bridgehead atoms. The normalized spacial score (nSPS) is 12.2. The molecule has 0 spiro atoms. The fourth-order valence-electron chi connectivity index (χ4n) is 0.306. The van der Waals surface area contributed by atoms with Gasteiger partial charge in [-0.05, 0) is 25.0 Å². The smallest absolute Gasteiger partial charge is 0.0675 e. The van der Waals surface area contributed by atoms with Gasteiger partial charge in [0.25, 0.3) is 0 Å². The Morgan fingerprint density at radius 1 is 0.900 bits per heavy atom. The minimum atomic E-state index is -1.48. The third-order valence-electron chi connectivity index (χ3n) is 1.17. The summed E-state index contributed by atoms with van der Waals surface area (Å²) in [6.07, 6.45) is 0. The predicted molar refractivity (Wildman–Crippen MR) is 28.4 cm³/mol. The van der Waals surface area contributed by atoms with Gasteiger partial charge in [0.05, 0.1) is 11.9 Å². The SMILES string of the molecule is C/C(C(=O)[O-])=C(\C)C(=O)[O-]. The van der Waals surface area contributed by atoms with E-state index in [0.29, 0.717) is 0 Å². The maximum Gasteiger partial charge on any atom is 0.0675 e. The van der Waals surface area contributed by atoms with Crippen LogP contribution in [0.1, 0.15) is 13.8 Å². The van der Waals surface area contributed by atoms with Gasteiger partial charge < -0.3 is 19.8 Å². The second kappa shape index (κ2) is 3.00. The van der Waals surface area contributed by atoms with E-state index in [4.69, 9.17) is 0 Å². The molecule has 0 aliphatic heterocycles. The fourth-order valence-corrected chi connectivity index (χ4v) is 0.306. The monoisotopic (exact) mass is 142 g/mol. The Labute approximate surface area is 57.8 Å². The minimum Gasteiger partial charge on any atom is -0.545 e. The second-order valence-corrected chi connectivity index (χ2v) is 1.82. The van der Waals surface area contributed by atoms with Gasteiger partial charge in [-0.3, -0.25) is 0 Å². The number of carboxylic acid groups (broad SMARTS) is 2. The molecule has 0 aliphatic carbocycles. The van der Waals surface area contributed by atoms with Crippen LogP contribution in [0.2, 0.25) is 0 Å². The lowest BCUT2D eigenvalue weighted by Gasteiger charge is -2.08. The van der Waals surface area contributed by atoms with Crippen molar-refractivity contribution in [2.75, 3.05) is 0 Å². The summed E-state index contributed by atoms with van der Waals surface area (Å²) in [6, 6.07) is 0. The summed E-state index contributed by atoms with van der Waals surface area (Å²) < 4.78 is 0. The number of rotatable bonds is 2. The third-order valence-corrected chi connectivity index (χ3v) is 1.17. The first-order valence-electron chi connectivity index (χ1n) is 2.57. The van der Waals surface area contributed by atoms with E-state index < -0.39 is 11.9 Å². The van der Waals surface area contributed by atoms with Gasteiger partial charge in [-0.25, -0.2) is 0 Å². The van der Waals surface area contributed by atoms with Gasteiger partial charge in [-0.1, -0.05) is 0 Å². The van der Waals surface area contributed by atoms with Crippen LogP contribution in [0.4, 0.5) is 0 Å². The summed E-state index contributed by atoms with van der Waals surface area (Å²) >= 11 is 0. The van der Waals surface area contributed by atoms with E-state index in [1.165, 1.54) is 0 Å². The highest BCUT2D eigenvalue weighted by molar-refractivity contribution is 5.96. The van der Waals surface area contributed by atoms with Gasteiger partial charge in [-0.2, -0.15) is 0 Å². The van der Waals surface area contributed by atoms with Gasteiger partial charge in [-0.15, -0.1) is 0 Å². The van der Waals surface area contributed by atoms with Crippen LogP contribution in [0.25, 0.3) is 0 Å². The molecule has 0 saturated heterocycles. The highest BCUT2D eigenvalue weighted by atomic mass is 16.4. The maximum absolute atomic E-state index is 9.99. The molecule has 56 valence electrons. The fraction of sp³-hybridized carbons (Fsp3) is 0.333. The highest BCUT2D eigenvalue weighted by Gasteiger charge is 1.96. The number of carbonyl (C=O) groups excluding carboxylic acids is 2. The Balaban J connectivity index is 4.67. The first-order chi connectivity index (χ1) is 4.46. The van der Waals surface area contributed by atoms with E-state index in [1.54, 1.807) is 0 Å². The van der Waals surface area contributed by atoms with Gasteiger partial charge >= 0.3 is 0 Å². The average Bonchev–Trinajstić information content (AvgIpc) is 1.84. The van der Waals surface area contributed by atoms with Gasteiger partial charge in [0.1, 0.15) is 0 Å². The largest absolute Gasteiger partial charge is 0.545 e. The van der Waals surface area contributed by atoms with E-state index in [0.717, 1.165) is 13.8 Å². The quantitative estimate of drug-likeness (QED) is 0.410. The van der Waals surface area contributed by atoms with Crippen molar-refractivity contribution in [3.8, 4) is 0 Å². The Kier molecular flexibility index (Phi) is 2.61. The van der Waals surface area contributed by atoms with Crippen molar-refractivity contribution >= 4 is 11.9 Å². The second-order valence-electron chi connectivity index (χ2n) is 1.82. The average molecular weight is 142 g/mol. The molecular formula is C6H6O4-2. The summed E-state index contributed by atoms with van der Waals surface area (Å²) in [5.74, 6) is -2.97. The Hall–Kier alpha value is -1.32. The first kappa shape index (κ1) is 8.68. The number of carboxylic acids is 2. The third kappa shape index (κ3) is 1.89. The van der Waals surface area contributed by atoms with Crippen LogP contribution < -0.4 is 10.2 Å². The molecule has 0 fully saturated rings. The van der Waals surface area contributed by atoms with E-state index >= 15 is 0 Å².